The van der Waals surface area contributed by atoms with Crippen LogP contribution in [-0.4, -0.2) is 4.98 Å². The minimum Gasteiger partial charge on any atom is -0.484 e. The van der Waals surface area contributed by atoms with Crippen molar-refractivity contribution in [3.05, 3.63) is 40.2 Å². The maximum Gasteiger partial charge on any atom is 0.166 e. The third-order valence-corrected chi connectivity index (χ3v) is 3.12. The second-order valence-electron chi connectivity index (χ2n) is 3.20. The van der Waals surface area contributed by atoms with Crippen LogP contribution in [0.25, 0.3) is 0 Å². The predicted molar refractivity (Wildman–Crippen MR) is 62.0 cm³/mol. The number of nitrogens with two attached hydrogens (primary N) is 1. The first-order valence-electron chi connectivity index (χ1n) is 4.63. The molecule has 4 heteroatoms. The van der Waals surface area contributed by atoms with Crippen LogP contribution >= 0.6 is 11.3 Å². The Balaban J connectivity index is 2.06. The molecule has 0 aromatic carbocycles. The highest BCUT2D eigenvalue weighted by Crippen LogP contribution is 2.21. The summed E-state index contributed by atoms with van der Waals surface area (Å²) in [6.07, 6.45) is 1.65. The Morgan fingerprint density at radius 1 is 1.47 bits per heavy atom. The van der Waals surface area contributed by atoms with Gasteiger partial charge in [-0.05, 0) is 36.1 Å². The van der Waals surface area contributed by atoms with Crippen molar-refractivity contribution in [2.75, 3.05) is 5.73 Å². The molecule has 0 aliphatic carbocycles. The van der Waals surface area contributed by atoms with Gasteiger partial charge in [-0.2, -0.15) is 0 Å². The minimum atomic E-state index is 0.437. The summed E-state index contributed by atoms with van der Waals surface area (Å²) in [7, 11) is 0. The van der Waals surface area contributed by atoms with Crippen molar-refractivity contribution in [3.63, 3.8) is 0 Å². The van der Waals surface area contributed by atoms with Gasteiger partial charge < -0.3 is 10.5 Å². The van der Waals surface area contributed by atoms with Crippen molar-refractivity contribution in [3.8, 4) is 5.75 Å². The fourth-order valence-electron chi connectivity index (χ4n) is 1.22. The summed E-state index contributed by atoms with van der Waals surface area (Å²) in [5.41, 5.74) is 6.92. The van der Waals surface area contributed by atoms with Gasteiger partial charge in [-0.3, -0.25) is 0 Å². The molecule has 0 atom stereocenters. The summed E-state index contributed by atoms with van der Waals surface area (Å²) in [6.45, 7) is 2.63. The van der Waals surface area contributed by atoms with E-state index >= 15 is 0 Å². The van der Waals surface area contributed by atoms with E-state index in [9.17, 15) is 0 Å². The molecule has 2 aromatic heterocycles. The summed E-state index contributed by atoms with van der Waals surface area (Å²) in [6, 6.07) is 5.72. The van der Waals surface area contributed by atoms with Crippen LogP contribution in [0, 0.1) is 6.92 Å². The Morgan fingerprint density at radius 3 is 3.00 bits per heavy atom. The van der Waals surface area contributed by atoms with E-state index in [4.69, 9.17) is 10.5 Å². The Kier molecular flexibility index (Phi) is 2.87. The third-order valence-electron chi connectivity index (χ3n) is 2.13. The minimum absolute atomic E-state index is 0.437. The van der Waals surface area contributed by atoms with Gasteiger partial charge in [-0.15, -0.1) is 11.3 Å². The fourth-order valence-corrected chi connectivity index (χ4v) is 2.04. The molecular weight excluding hydrogens is 208 g/mol. The molecular formula is C11H12N2OS. The number of hydrogen-bond acceptors (Lipinski definition) is 4. The summed E-state index contributed by atoms with van der Waals surface area (Å²) >= 11 is 1.69. The van der Waals surface area contributed by atoms with Gasteiger partial charge in [0.25, 0.3) is 0 Å². The second kappa shape index (κ2) is 4.31. The maximum atomic E-state index is 5.67. The lowest BCUT2D eigenvalue weighted by Crippen LogP contribution is -1.99. The molecule has 0 unspecified atom stereocenters. The first-order valence-corrected chi connectivity index (χ1v) is 5.51. The normalized spacial score (nSPS) is 10.2. The van der Waals surface area contributed by atoms with Gasteiger partial charge in [0, 0.05) is 11.1 Å². The van der Waals surface area contributed by atoms with Crippen LogP contribution in [0.3, 0.4) is 0 Å². The van der Waals surface area contributed by atoms with E-state index < -0.39 is 0 Å². The monoisotopic (exact) mass is 220 g/mol. The third kappa shape index (κ3) is 2.27. The average molecular weight is 220 g/mol. The molecule has 0 saturated carbocycles. The zero-order valence-electron chi connectivity index (χ0n) is 8.43. The highest BCUT2D eigenvalue weighted by atomic mass is 32.1. The Hall–Kier alpha value is -1.55. The van der Waals surface area contributed by atoms with Gasteiger partial charge in [0.15, 0.2) is 11.6 Å². The molecule has 0 spiro atoms. The molecule has 2 heterocycles. The molecule has 0 saturated heterocycles. The summed E-state index contributed by atoms with van der Waals surface area (Å²) in [5.74, 6) is 1.08. The summed E-state index contributed by atoms with van der Waals surface area (Å²) < 4.78 is 5.58. The lowest BCUT2D eigenvalue weighted by molar-refractivity contribution is 0.310. The molecule has 0 aliphatic heterocycles. The van der Waals surface area contributed by atoms with E-state index in [1.165, 1.54) is 10.4 Å². The lowest BCUT2D eigenvalue weighted by Gasteiger charge is -2.06. The first kappa shape index (κ1) is 9.98. The molecule has 0 amide bonds. The number of thiophene rings is 1. The quantitative estimate of drug-likeness (QED) is 0.865. The Bertz CT molecular complexity index is 453. The molecule has 2 N–H and O–H groups in total. The van der Waals surface area contributed by atoms with Gasteiger partial charge >= 0.3 is 0 Å². The van der Waals surface area contributed by atoms with E-state index in [0.29, 0.717) is 18.2 Å². The van der Waals surface area contributed by atoms with Crippen LogP contribution in [0.2, 0.25) is 0 Å². The molecule has 0 radical (unpaired) electrons. The van der Waals surface area contributed by atoms with Crippen molar-refractivity contribution in [1.82, 2.24) is 4.98 Å². The van der Waals surface area contributed by atoms with Gasteiger partial charge in [0.2, 0.25) is 0 Å². The molecule has 78 valence electrons. The van der Waals surface area contributed by atoms with Crippen molar-refractivity contribution in [2.24, 2.45) is 0 Å². The van der Waals surface area contributed by atoms with Crippen molar-refractivity contribution in [1.29, 1.82) is 0 Å². The van der Waals surface area contributed by atoms with Crippen LogP contribution in [-0.2, 0) is 6.61 Å². The molecule has 15 heavy (non-hydrogen) atoms. The van der Waals surface area contributed by atoms with Crippen LogP contribution in [0.15, 0.2) is 29.8 Å². The van der Waals surface area contributed by atoms with Gasteiger partial charge in [0.05, 0.1) is 0 Å². The number of rotatable bonds is 3. The summed E-state index contributed by atoms with van der Waals surface area (Å²) in [4.78, 5) is 5.18. The van der Waals surface area contributed by atoms with Crippen molar-refractivity contribution >= 4 is 17.2 Å². The zero-order chi connectivity index (χ0) is 10.7. The number of nitrogen functional groups attached to an aromatic ring is 1. The zero-order valence-corrected chi connectivity index (χ0v) is 9.25. The Labute approximate surface area is 92.5 Å². The van der Waals surface area contributed by atoms with E-state index in [0.717, 1.165) is 0 Å². The SMILES string of the molecule is Cc1ccsc1COc1cccnc1N. The topological polar surface area (TPSA) is 48.1 Å². The number of anilines is 1. The Morgan fingerprint density at radius 2 is 2.33 bits per heavy atom. The number of pyridine rings is 1. The van der Waals surface area contributed by atoms with Crippen LogP contribution in [0.4, 0.5) is 5.82 Å². The molecule has 2 aromatic rings. The highest BCUT2D eigenvalue weighted by Gasteiger charge is 2.03. The molecule has 0 fully saturated rings. The number of hydrogen-bond donors (Lipinski definition) is 1. The first-order chi connectivity index (χ1) is 7.27. The fraction of sp³-hybridized carbons (Fsp3) is 0.182. The van der Waals surface area contributed by atoms with Crippen molar-refractivity contribution in [2.45, 2.75) is 13.5 Å². The van der Waals surface area contributed by atoms with Crippen LogP contribution < -0.4 is 10.5 Å². The smallest absolute Gasteiger partial charge is 0.166 e. The van der Waals surface area contributed by atoms with E-state index in [1.807, 2.05) is 12.1 Å². The molecule has 0 aliphatic rings. The summed E-state index contributed by atoms with van der Waals surface area (Å²) in [5, 5.41) is 2.06. The van der Waals surface area contributed by atoms with Crippen LogP contribution in [0.5, 0.6) is 5.75 Å². The maximum absolute atomic E-state index is 5.67. The van der Waals surface area contributed by atoms with Gasteiger partial charge in [-0.25, -0.2) is 4.98 Å². The van der Waals surface area contributed by atoms with Gasteiger partial charge in [-0.1, -0.05) is 0 Å². The average Bonchev–Trinajstić information content (AvgIpc) is 2.63. The number of aromatic nitrogens is 1. The van der Waals surface area contributed by atoms with E-state index in [-0.39, 0.29) is 0 Å². The lowest BCUT2D eigenvalue weighted by atomic mass is 10.3. The largest absolute Gasteiger partial charge is 0.484 e. The van der Waals surface area contributed by atoms with E-state index in [1.54, 1.807) is 17.5 Å². The number of aryl methyl sites for hydroxylation is 1. The molecule has 3 nitrogen and oxygen atoms in total. The standard InChI is InChI=1S/C11H12N2OS/c1-8-4-6-15-10(8)7-14-9-3-2-5-13-11(9)12/h2-6H,7H2,1H3,(H2,12,13). The number of ether oxygens (including phenoxy) is 1. The van der Waals surface area contributed by atoms with Crippen molar-refractivity contribution < 1.29 is 4.74 Å². The van der Waals surface area contributed by atoms with Gasteiger partial charge in [0.1, 0.15) is 6.61 Å². The highest BCUT2D eigenvalue weighted by molar-refractivity contribution is 7.10. The number of nitrogens with zero attached hydrogens (tertiary/aromatic N) is 1. The predicted octanol–water partition coefficient (Wildman–Crippen LogP) is 2.61. The van der Waals surface area contributed by atoms with Crippen LogP contribution in [0.1, 0.15) is 10.4 Å². The van der Waals surface area contributed by atoms with E-state index in [2.05, 4.69) is 23.4 Å². The molecule has 0 bridgehead atoms. The molecule has 2 rings (SSSR count). The second-order valence-corrected chi connectivity index (χ2v) is 4.20.